The lowest BCUT2D eigenvalue weighted by Gasteiger charge is -2.17. The van der Waals surface area contributed by atoms with E-state index in [-0.39, 0.29) is 0 Å². The Kier molecular flexibility index (Phi) is 6.23. The molecule has 2 N–H and O–H groups in total. The van der Waals surface area contributed by atoms with Crippen molar-refractivity contribution in [1.82, 2.24) is 9.88 Å². The number of hydrogen-bond donors (Lipinski definition) is 2. The van der Waals surface area contributed by atoms with Crippen molar-refractivity contribution < 1.29 is 19.5 Å². The number of carboxylic acid groups (broad SMARTS) is 1. The van der Waals surface area contributed by atoms with E-state index in [1.807, 2.05) is 50.2 Å². The number of nitrogens with zero attached hydrogens (tertiary/aromatic N) is 2. The van der Waals surface area contributed by atoms with Crippen LogP contribution in [0.5, 0.6) is 0 Å². The monoisotopic (exact) mass is 411 g/mol. The number of thiazole rings is 1. The van der Waals surface area contributed by atoms with Crippen LogP contribution in [0.15, 0.2) is 53.5 Å². The number of aryl methyl sites for hydroxylation is 1. The van der Waals surface area contributed by atoms with Gasteiger partial charge in [-0.1, -0.05) is 48.1 Å². The van der Waals surface area contributed by atoms with Crippen LogP contribution in [0.3, 0.4) is 0 Å². The molecule has 0 fully saturated rings. The number of amides is 2. The molecule has 0 saturated heterocycles. The smallest absolute Gasteiger partial charge is 0.322 e. The minimum Gasteiger partial charge on any atom is -0.480 e. The van der Waals surface area contributed by atoms with E-state index >= 15 is 0 Å². The molecule has 0 saturated carbocycles. The van der Waals surface area contributed by atoms with Gasteiger partial charge in [-0.15, -0.1) is 0 Å². The number of nitrogens with one attached hydrogen (secondary N) is 1. The van der Waals surface area contributed by atoms with Crippen LogP contribution >= 0.6 is 11.3 Å². The third-order valence-electron chi connectivity index (χ3n) is 4.44. The van der Waals surface area contributed by atoms with Gasteiger partial charge in [-0.05, 0) is 37.6 Å². The van der Waals surface area contributed by atoms with Crippen molar-refractivity contribution in [3.05, 3.63) is 64.5 Å². The van der Waals surface area contributed by atoms with Crippen molar-refractivity contribution in [2.75, 3.05) is 6.54 Å². The number of para-hydroxylation sites is 1. The Morgan fingerprint density at radius 1 is 1.14 bits per heavy atom. The van der Waals surface area contributed by atoms with Gasteiger partial charge in [0.25, 0.3) is 5.91 Å². The maximum atomic E-state index is 12.7. The zero-order valence-electron chi connectivity index (χ0n) is 16.1. The third kappa shape index (κ3) is 4.60. The van der Waals surface area contributed by atoms with Crippen LogP contribution in [0.1, 0.15) is 35.3 Å². The Balaban J connectivity index is 2.10. The molecule has 0 aliphatic rings. The lowest BCUT2D eigenvalue weighted by Crippen LogP contribution is -2.38. The van der Waals surface area contributed by atoms with Crippen molar-refractivity contribution in [1.29, 1.82) is 0 Å². The lowest BCUT2D eigenvalue weighted by atomic mass is 10.1. The van der Waals surface area contributed by atoms with E-state index in [0.29, 0.717) is 16.8 Å². The molecule has 29 heavy (non-hydrogen) atoms. The predicted octanol–water partition coefficient (Wildman–Crippen LogP) is 2.90. The molecule has 8 heteroatoms. The van der Waals surface area contributed by atoms with Crippen molar-refractivity contribution in [3.63, 3.8) is 0 Å². The fraction of sp³-hybridized carbons (Fsp3) is 0.238. The van der Waals surface area contributed by atoms with E-state index in [0.717, 1.165) is 15.8 Å². The van der Waals surface area contributed by atoms with Crippen molar-refractivity contribution >= 4 is 39.3 Å². The standard InChI is InChI=1S/C21H21N3O4S/c1-3-15(20(28)22-12-18(25)26)24-16-6-4-5-7-17(16)29-21(24)23-19(27)14-10-8-13(2)9-11-14/h4-11,15H,3,12H2,1-2H3,(H,22,28)(H,25,26). The second-order valence-electron chi connectivity index (χ2n) is 6.54. The van der Waals surface area contributed by atoms with E-state index in [1.54, 1.807) is 16.7 Å². The molecule has 3 aromatic rings. The normalized spacial score (nSPS) is 12.7. The molecule has 1 aromatic heterocycles. The second-order valence-corrected chi connectivity index (χ2v) is 7.55. The van der Waals surface area contributed by atoms with Crippen LogP contribution in [0.25, 0.3) is 10.2 Å². The summed E-state index contributed by atoms with van der Waals surface area (Å²) in [6.45, 7) is 3.30. The lowest BCUT2D eigenvalue weighted by molar-refractivity contribution is -0.138. The van der Waals surface area contributed by atoms with Gasteiger partial charge in [-0.2, -0.15) is 4.99 Å². The molecular weight excluding hydrogens is 390 g/mol. The van der Waals surface area contributed by atoms with Gasteiger partial charge >= 0.3 is 5.97 Å². The number of aromatic nitrogens is 1. The molecule has 1 unspecified atom stereocenters. The molecule has 0 spiro atoms. The molecule has 0 radical (unpaired) electrons. The van der Waals surface area contributed by atoms with Crippen LogP contribution in [-0.2, 0) is 9.59 Å². The SMILES string of the molecule is CCC(C(=O)NCC(=O)O)n1c(=NC(=O)c2ccc(C)cc2)sc2ccccc21. The quantitative estimate of drug-likeness (QED) is 0.651. The summed E-state index contributed by atoms with van der Waals surface area (Å²) >= 11 is 1.31. The number of carbonyl (C=O) groups is 3. The Bertz CT molecular complexity index is 1130. The number of hydrogen-bond acceptors (Lipinski definition) is 4. The Labute approximate surface area is 171 Å². The highest BCUT2D eigenvalue weighted by molar-refractivity contribution is 7.16. The molecule has 1 heterocycles. The van der Waals surface area contributed by atoms with Gasteiger partial charge in [0, 0.05) is 5.56 Å². The first-order chi connectivity index (χ1) is 13.9. The van der Waals surface area contributed by atoms with Crippen molar-refractivity contribution in [2.24, 2.45) is 4.99 Å². The largest absolute Gasteiger partial charge is 0.480 e. The number of fused-ring (bicyclic) bond motifs is 1. The Morgan fingerprint density at radius 2 is 1.83 bits per heavy atom. The average molecular weight is 411 g/mol. The van der Waals surface area contributed by atoms with Gasteiger partial charge in [-0.3, -0.25) is 14.4 Å². The molecule has 1 atom stereocenters. The van der Waals surface area contributed by atoms with E-state index in [4.69, 9.17) is 5.11 Å². The van der Waals surface area contributed by atoms with Gasteiger partial charge in [0.1, 0.15) is 12.6 Å². The first kappa shape index (κ1) is 20.5. The first-order valence-electron chi connectivity index (χ1n) is 9.16. The number of rotatable bonds is 6. The third-order valence-corrected chi connectivity index (χ3v) is 5.48. The minimum atomic E-state index is -1.12. The van der Waals surface area contributed by atoms with Crippen LogP contribution in [0, 0.1) is 6.92 Å². The Morgan fingerprint density at radius 3 is 2.48 bits per heavy atom. The van der Waals surface area contributed by atoms with Gasteiger partial charge < -0.3 is 15.0 Å². The zero-order valence-corrected chi connectivity index (χ0v) is 16.9. The van der Waals surface area contributed by atoms with Gasteiger partial charge in [0.2, 0.25) is 5.91 Å². The molecular formula is C21H21N3O4S. The molecule has 3 rings (SSSR count). The summed E-state index contributed by atoms with van der Waals surface area (Å²) in [4.78, 5) is 40.9. The average Bonchev–Trinajstić information content (AvgIpc) is 3.05. The molecule has 0 aliphatic heterocycles. The van der Waals surface area contributed by atoms with Crippen LogP contribution in [0.2, 0.25) is 0 Å². The molecule has 2 aromatic carbocycles. The van der Waals surface area contributed by atoms with Crippen LogP contribution in [-0.4, -0.2) is 34.0 Å². The fourth-order valence-electron chi connectivity index (χ4n) is 2.98. The number of carboxylic acids is 1. The first-order valence-corrected chi connectivity index (χ1v) is 9.97. The summed E-state index contributed by atoms with van der Waals surface area (Å²) in [5, 5.41) is 11.3. The fourth-order valence-corrected chi connectivity index (χ4v) is 4.05. The molecule has 150 valence electrons. The molecule has 7 nitrogen and oxygen atoms in total. The summed E-state index contributed by atoms with van der Waals surface area (Å²) in [6, 6.07) is 13.9. The molecule has 0 bridgehead atoms. The van der Waals surface area contributed by atoms with E-state index in [9.17, 15) is 14.4 Å². The van der Waals surface area contributed by atoms with Crippen molar-refractivity contribution in [2.45, 2.75) is 26.3 Å². The van der Waals surface area contributed by atoms with Crippen molar-refractivity contribution in [3.8, 4) is 0 Å². The summed E-state index contributed by atoms with van der Waals surface area (Å²) in [5.41, 5.74) is 2.27. The van der Waals surface area contributed by atoms with Gasteiger partial charge in [0.15, 0.2) is 4.80 Å². The summed E-state index contributed by atoms with van der Waals surface area (Å²) in [6.07, 6.45) is 0.415. The summed E-state index contributed by atoms with van der Waals surface area (Å²) in [7, 11) is 0. The van der Waals surface area contributed by atoms with E-state index in [1.165, 1.54) is 11.3 Å². The zero-order chi connectivity index (χ0) is 21.0. The summed E-state index contributed by atoms with van der Waals surface area (Å²) < 4.78 is 2.59. The topological polar surface area (TPSA) is 101 Å². The second kappa shape index (κ2) is 8.83. The Hall–Kier alpha value is -3.26. The molecule has 2 amide bonds. The predicted molar refractivity (Wildman–Crippen MR) is 111 cm³/mol. The highest BCUT2D eigenvalue weighted by Gasteiger charge is 2.23. The van der Waals surface area contributed by atoms with Gasteiger partial charge in [0.05, 0.1) is 10.2 Å². The molecule has 0 aliphatic carbocycles. The summed E-state index contributed by atoms with van der Waals surface area (Å²) in [5.74, 6) is -1.94. The minimum absolute atomic E-state index is 0.397. The highest BCUT2D eigenvalue weighted by atomic mass is 32.1. The van der Waals surface area contributed by atoms with Gasteiger partial charge in [-0.25, -0.2) is 0 Å². The maximum absolute atomic E-state index is 12.7. The maximum Gasteiger partial charge on any atom is 0.322 e. The number of aliphatic carboxylic acids is 1. The van der Waals surface area contributed by atoms with Crippen LogP contribution in [0.4, 0.5) is 0 Å². The number of benzene rings is 2. The highest BCUT2D eigenvalue weighted by Crippen LogP contribution is 2.22. The number of carbonyl (C=O) groups excluding carboxylic acids is 2. The van der Waals surface area contributed by atoms with E-state index in [2.05, 4.69) is 10.3 Å². The van der Waals surface area contributed by atoms with Crippen LogP contribution < -0.4 is 10.1 Å². The van der Waals surface area contributed by atoms with E-state index < -0.39 is 30.4 Å².